The molecule has 2 aliphatic carbocycles. The SMILES string of the molecule is COC(=O)c1ccc(NC(=O)[C@@]23CC[C@@](C)(C(=O)[C@H]2Br)C3(C)C)cc1. The number of esters is 1. The molecule has 6 heteroatoms. The van der Waals surface area contributed by atoms with Gasteiger partial charge in [0.25, 0.3) is 0 Å². The number of Topliss-reactive ketones (excluding diaryl/α,β-unsaturated/α-hetero) is 1. The average molecular weight is 408 g/mol. The predicted molar refractivity (Wildman–Crippen MR) is 97.7 cm³/mol. The second-order valence-corrected chi connectivity index (χ2v) is 8.59. The van der Waals surface area contributed by atoms with Crippen LogP contribution in [0.15, 0.2) is 24.3 Å². The molecule has 0 unspecified atom stereocenters. The summed E-state index contributed by atoms with van der Waals surface area (Å²) in [5, 5.41) is 2.94. The zero-order valence-corrected chi connectivity index (χ0v) is 16.4. The Balaban J connectivity index is 1.89. The minimum Gasteiger partial charge on any atom is -0.465 e. The summed E-state index contributed by atoms with van der Waals surface area (Å²) in [7, 11) is 1.32. The number of hydrogen-bond donors (Lipinski definition) is 1. The summed E-state index contributed by atoms with van der Waals surface area (Å²) in [6, 6.07) is 6.55. The van der Waals surface area contributed by atoms with Gasteiger partial charge >= 0.3 is 5.97 Å². The molecule has 0 aromatic heterocycles. The van der Waals surface area contributed by atoms with E-state index in [0.717, 1.165) is 6.42 Å². The molecule has 0 saturated heterocycles. The molecule has 0 aliphatic heterocycles. The van der Waals surface area contributed by atoms with Crippen molar-refractivity contribution in [2.75, 3.05) is 12.4 Å². The first-order chi connectivity index (χ1) is 11.6. The van der Waals surface area contributed by atoms with Crippen molar-refractivity contribution in [1.29, 1.82) is 0 Å². The lowest BCUT2D eigenvalue weighted by Gasteiger charge is -2.39. The fourth-order valence-electron chi connectivity index (χ4n) is 4.51. The van der Waals surface area contributed by atoms with E-state index in [2.05, 4.69) is 26.0 Å². The summed E-state index contributed by atoms with van der Waals surface area (Å²) in [6.45, 7) is 6.00. The number of benzene rings is 1. The highest BCUT2D eigenvalue weighted by Gasteiger charge is 2.76. The third-order valence-electron chi connectivity index (χ3n) is 6.69. The van der Waals surface area contributed by atoms with Crippen LogP contribution in [0.3, 0.4) is 0 Å². The molecule has 0 heterocycles. The molecule has 3 rings (SSSR count). The van der Waals surface area contributed by atoms with Gasteiger partial charge in [0.1, 0.15) is 0 Å². The van der Waals surface area contributed by atoms with Crippen LogP contribution in [0, 0.1) is 16.2 Å². The van der Waals surface area contributed by atoms with Gasteiger partial charge in [-0.05, 0) is 42.5 Å². The average Bonchev–Trinajstić information content (AvgIpc) is 2.86. The van der Waals surface area contributed by atoms with Gasteiger partial charge in [0, 0.05) is 11.1 Å². The number of ketones is 1. The number of carbonyl (C=O) groups excluding carboxylic acids is 3. The maximum Gasteiger partial charge on any atom is 0.337 e. The van der Waals surface area contributed by atoms with Crippen LogP contribution in [-0.2, 0) is 14.3 Å². The summed E-state index contributed by atoms with van der Waals surface area (Å²) < 4.78 is 4.67. The zero-order valence-electron chi connectivity index (χ0n) is 14.8. The maximum atomic E-state index is 13.2. The second-order valence-electron chi connectivity index (χ2n) is 7.68. The lowest BCUT2D eigenvalue weighted by atomic mass is 9.64. The first kappa shape index (κ1) is 18.1. The standard InChI is InChI=1S/C19H22BrNO4/c1-17(2)18(3)9-10-19(17,13(20)14(18)22)16(24)21-12-7-5-11(6-8-12)15(23)25-4/h5-8,13H,9-10H2,1-4H3,(H,21,24)/t13-,18+,19-/m1/s1. The van der Waals surface area contributed by atoms with Gasteiger partial charge in [0.2, 0.25) is 5.91 Å². The summed E-state index contributed by atoms with van der Waals surface area (Å²) in [5.41, 5.74) is -0.702. The van der Waals surface area contributed by atoms with E-state index in [-0.39, 0.29) is 11.7 Å². The molecule has 1 aromatic rings. The normalized spacial score (nSPS) is 32.5. The Kier molecular flexibility index (Phi) is 4.10. The lowest BCUT2D eigenvalue weighted by molar-refractivity contribution is -0.130. The number of ether oxygens (including phenoxy) is 1. The fraction of sp³-hybridized carbons (Fsp3) is 0.526. The molecule has 0 radical (unpaired) electrons. The van der Waals surface area contributed by atoms with Gasteiger partial charge in [0.15, 0.2) is 5.78 Å². The molecule has 25 heavy (non-hydrogen) atoms. The predicted octanol–water partition coefficient (Wildman–Crippen LogP) is 3.57. The van der Waals surface area contributed by atoms with E-state index in [0.29, 0.717) is 17.7 Å². The molecule has 134 valence electrons. The molecule has 2 saturated carbocycles. The Morgan fingerprint density at radius 2 is 1.76 bits per heavy atom. The Morgan fingerprint density at radius 1 is 1.16 bits per heavy atom. The van der Waals surface area contributed by atoms with E-state index in [1.165, 1.54) is 7.11 Å². The molecule has 2 fully saturated rings. The lowest BCUT2D eigenvalue weighted by Crippen LogP contribution is -2.47. The number of anilines is 1. The molecule has 1 N–H and O–H groups in total. The smallest absolute Gasteiger partial charge is 0.337 e. The Bertz CT molecular complexity index is 757. The van der Waals surface area contributed by atoms with Gasteiger partial charge in [-0.2, -0.15) is 0 Å². The van der Waals surface area contributed by atoms with E-state index < -0.39 is 27.0 Å². The van der Waals surface area contributed by atoms with E-state index in [4.69, 9.17) is 0 Å². The van der Waals surface area contributed by atoms with Gasteiger partial charge in [-0.1, -0.05) is 36.7 Å². The van der Waals surface area contributed by atoms with Gasteiger partial charge in [-0.3, -0.25) is 9.59 Å². The Morgan fingerprint density at radius 3 is 2.24 bits per heavy atom. The highest BCUT2D eigenvalue weighted by atomic mass is 79.9. The molecule has 1 aromatic carbocycles. The molecular formula is C19H22BrNO4. The molecule has 2 bridgehead atoms. The van der Waals surface area contributed by atoms with Crippen LogP contribution in [0.1, 0.15) is 44.0 Å². The number of fused-ring (bicyclic) bond motifs is 2. The van der Waals surface area contributed by atoms with Gasteiger partial charge < -0.3 is 10.1 Å². The highest BCUT2D eigenvalue weighted by molar-refractivity contribution is 9.10. The number of hydrogen-bond acceptors (Lipinski definition) is 4. The molecule has 3 atom stereocenters. The number of methoxy groups -OCH3 is 1. The Hall–Kier alpha value is -1.69. The number of alkyl halides is 1. The first-order valence-electron chi connectivity index (χ1n) is 8.30. The third kappa shape index (κ3) is 2.16. The van der Waals surface area contributed by atoms with Crippen molar-refractivity contribution >= 4 is 39.3 Å². The summed E-state index contributed by atoms with van der Waals surface area (Å²) in [5.74, 6) is -0.467. The van der Waals surface area contributed by atoms with E-state index in [9.17, 15) is 14.4 Å². The molecule has 5 nitrogen and oxygen atoms in total. The van der Waals surface area contributed by atoms with Crippen LogP contribution in [-0.4, -0.2) is 29.6 Å². The van der Waals surface area contributed by atoms with Crippen LogP contribution in [0.5, 0.6) is 0 Å². The first-order valence-corrected chi connectivity index (χ1v) is 9.21. The van der Waals surface area contributed by atoms with E-state index >= 15 is 0 Å². The van der Waals surface area contributed by atoms with Crippen molar-refractivity contribution < 1.29 is 19.1 Å². The van der Waals surface area contributed by atoms with Crippen LogP contribution in [0.25, 0.3) is 0 Å². The van der Waals surface area contributed by atoms with Gasteiger partial charge in [-0.25, -0.2) is 4.79 Å². The van der Waals surface area contributed by atoms with Crippen LogP contribution in [0.4, 0.5) is 5.69 Å². The Labute approximate surface area is 155 Å². The van der Waals surface area contributed by atoms with Crippen LogP contribution in [0.2, 0.25) is 0 Å². The number of nitrogens with one attached hydrogen (secondary N) is 1. The minimum absolute atomic E-state index is 0.111. The fourth-order valence-corrected chi connectivity index (χ4v) is 6.02. The largest absolute Gasteiger partial charge is 0.465 e. The molecular weight excluding hydrogens is 386 g/mol. The molecule has 1 amide bonds. The number of halogens is 1. The van der Waals surface area contributed by atoms with Crippen molar-refractivity contribution in [3.05, 3.63) is 29.8 Å². The number of rotatable bonds is 3. The zero-order chi connectivity index (χ0) is 18.6. The van der Waals surface area contributed by atoms with Crippen LogP contribution >= 0.6 is 15.9 Å². The highest BCUT2D eigenvalue weighted by Crippen LogP contribution is 2.72. The summed E-state index contributed by atoms with van der Waals surface area (Å²) in [6.07, 6.45) is 1.39. The second kappa shape index (κ2) is 5.66. The summed E-state index contributed by atoms with van der Waals surface area (Å²) in [4.78, 5) is 37.0. The number of amides is 1. The third-order valence-corrected chi connectivity index (χ3v) is 7.89. The number of carbonyl (C=O) groups is 3. The van der Waals surface area contributed by atoms with E-state index in [1.807, 2.05) is 20.8 Å². The minimum atomic E-state index is -0.778. The monoisotopic (exact) mass is 407 g/mol. The van der Waals surface area contributed by atoms with Crippen molar-refractivity contribution in [2.24, 2.45) is 16.2 Å². The van der Waals surface area contributed by atoms with Crippen molar-refractivity contribution in [3.63, 3.8) is 0 Å². The van der Waals surface area contributed by atoms with Gasteiger partial charge in [-0.15, -0.1) is 0 Å². The van der Waals surface area contributed by atoms with Crippen molar-refractivity contribution in [2.45, 2.75) is 38.4 Å². The maximum absolute atomic E-state index is 13.2. The quantitative estimate of drug-likeness (QED) is 0.613. The topological polar surface area (TPSA) is 72.5 Å². The summed E-state index contributed by atoms with van der Waals surface area (Å²) >= 11 is 3.51. The molecule has 2 aliphatic rings. The molecule has 0 spiro atoms. The van der Waals surface area contributed by atoms with Crippen LogP contribution < -0.4 is 5.32 Å². The van der Waals surface area contributed by atoms with Crippen molar-refractivity contribution in [3.8, 4) is 0 Å². The van der Waals surface area contributed by atoms with Gasteiger partial charge in [0.05, 0.1) is 22.9 Å². The van der Waals surface area contributed by atoms with E-state index in [1.54, 1.807) is 24.3 Å². The van der Waals surface area contributed by atoms with Crippen molar-refractivity contribution in [1.82, 2.24) is 0 Å².